The Bertz CT molecular complexity index is 531. The van der Waals surface area contributed by atoms with Gasteiger partial charge in [-0.1, -0.05) is 30.7 Å². The molecular weight excluding hydrogens is 238 g/mol. The van der Waals surface area contributed by atoms with E-state index in [1.54, 1.807) is 24.3 Å². The first-order valence-electron chi connectivity index (χ1n) is 5.30. The van der Waals surface area contributed by atoms with Crippen molar-refractivity contribution in [3.8, 4) is 5.69 Å². The van der Waals surface area contributed by atoms with Crippen LogP contribution in [0.1, 0.15) is 35.9 Å². The highest BCUT2D eigenvalue weighted by Gasteiger charge is 2.15. The zero-order valence-electron chi connectivity index (χ0n) is 9.59. The van der Waals surface area contributed by atoms with Crippen LogP contribution in [0.2, 0.25) is 5.02 Å². The molecule has 0 aliphatic rings. The van der Waals surface area contributed by atoms with Gasteiger partial charge in [0.05, 0.1) is 11.4 Å². The molecule has 5 heteroatoms. The summed E-state index contributed by atoms with van der Waals surface area (Å²) in [5.41, 5.74) is 1.97. The maximum Gasteiger partial charge on any atom is 0.170 e. The molecule has 0 radical (unpaired) electrons. The van der Waals surface area contributed by atoms with Crippen LogP contribution in [0, 0.1) is 0 Å². The fourth-order valence-electron chi connectivity index (χ4n) is 1.60. The van der Waals surface area contributed by atoms with Crippen LogP contribution in [0.5, 0.6) is 0 Å². The quantitative estimate of drug-likeness (QED) is 0.786. The monoisotopic (exact) mass is 249 g/mol. The van der Waals surface area contributed by atoms with Crippen LogP contribution in [-0.4, -0.2) is 21.3 Å². The van der Waals surface area contributed by atoms with Gasteiger partial charge in [-0.25, -0.2) is 4.68 Å². The summed E-state index contributed by atoms with van der Waals surface area (Å²) in [6, 6.07) is 7.10. The van der Waals surface area contributed by atoms with E-state index in [1.807, 2.05) is 13.8 Å². The second kappa shape index (κ2) is 4.67. The minimum atomic E-state index is 0.163. The van der Waals surface area contributed by atoms with Gasteiger partial charge in [0.2, 0.25) is 0 Å². The molecule has 0 fully saturated rings. The van der Waals surface area contributed by atoms with Crippen LogP contribution in [0.4, 0.5) is 0 Å². The van der Waals surface area contributed by atoms with E-state index >= 15 is 0 Å². The molecule has 0 spiro atoms. The molecule has 1 aromatic carbocycles. The van der Waals surface area contributed by atoms with E-state index in [0.29, 0.717) is 16.4 Å². The maximum absolute atomic E-state index is 11.1. The van der Waals surface area contributed by atoms with Crippen molar-refractivity contribution < 1.29 is 4.79 Å². The van der Waals surface area contributed by atoms with E-state index < -0.39 is 0 Å². The second-order valence-electron chi connectivity index (χ2n) is 4.02. The van der Waals surface area contributed by atoms with Gasteiger partial charge in [-0.05, 0) is 30.2 Å². The number of carbonyl (C=O) groups is 1. The number of halogens is 1. The molecule has 0 saturated heterocycles. The van der Waals surface area contributed by atoms with Crippen LogP contribution in [0.3, 0.4) is 0 Å². The SMILES string of the molecule is CC(C)c1nnn(-c2ccc(Cl)cc2)c1C=O. The standard InChI is InChI=1S/C12H12ClN3O/c1-8(2)12-11(7-17)16(15-14-12)10-5-3-9(13)4-6-10/h3-8H,1-2H3. The van der Waals surface area contributed by atoms with Crippen LogP contribution in [0.15, 0.2) is 24.3 Å². The van der Waals surface area contributed by atoms with Gasteiger partial charge < -0.3 is 0 Å². The Morgan fingerprint density at radius 3 is 2.47 bits per heavy atom. The average Bonchev–Trinajstić information content (AvgIpc) is 2.73. The molecule has 0 atom stereocenters. The Labute approximate surface area is 104 Å². The van der Waals surface area contributed by atoms with E-state index in [2.05, 4.69) is 10.3 Å². The molecule has 88 valence electrons. The van der Waals surface area contributed by atoms with Crippen molar-refractivity contribution in [1.29, 1.82) is 0 Å². The third kappa shape index (κ3) is 2.22. The molecule has 0 saturated carbocycles. The summed E-state index contributed by atoms with van der Waals surface area (Å²) >= 11 is 5.81. The van der Waals surface area contributed by atoms with Crippen molar-refractivity contribution >= 4 is 17.9 Å². The average molecular weight is 250 g/mol. The molecule has 1 heterocycles. The predicted octanol–water partition coefficient (Wildman–Crippen LogP) is 2.86. The lowest BCUT2D eigenvalue weighted by Gasteiger charge is -2.04. The molecule has 1 aromatic heterocycles. The first-order chi connectivity index (χ1) is 8.13. The lowest BCUT2D eigenvalue weighted by Crippen LogP contribution is -2.03. The Morgan fingerprint density at radius 2 is 1.94 bits per heavy atom. The Kier molecular flexibility index (Phi) is 3.24. The van der Waals surface area contributed by atoms with Crippen LogP contribution in [0.25, 0.3) is 5.69 Å². The summed E-state index contributed by atoms with van der Waals surface area (Å²) in [5.74, 6) is 0.163. The van der Waals surface area contributed by atoms with E-state index in [1.165, 1.54) is 4.68 Å². The van der Waals surface area contributed by atoms with Gasteiger partial charge >= 0.3 is 0 Å². The van der Waals surface area contributed by atoms with Gasteiger partial charge in [-0.3, -0.25) is 4.79 Å². The van der Waals surface area contributed by atoms with Crippen molar-refractivity contribution in [2.75, 3.05) is 0 Å². The zero-order valence-corrected chi connectivity index (χ0v) is 10.3. The number of hydrogen-bond donors (Lipinski definition) is 0. The Hall–Kier alpha value is -1.68. The predicted molar refractivity (Wildman–Crippen MR) is 65.8 cm³/mol. The minimum Gasteiger partial charge on any atom is -0.296 e. The number of aromatic nitrogens is 3. The first-order valence-corrected chi connectivity index (χ1v) is 5.68. The smallest absolute Gasteiger partial charge is 0.170 e. The highest BCUT2D eigenvalue weighted by atomic mass is 35.5. The van der Waals surface area contributed by atoms with Gasteiger partial charge in [0.1, 0.15) is 5.69 Å². The number of carbonyl (C=O) groups excluding carboxylic acids is 1. The van der Waals surface area contributed by atoms with E-state index in [4.69, 9.17) is 11.6 Å². The molecule has 2 rings (SSSR count). The highest BCUT2D eigenvalue weighted by Crippen LogP contribution is 2.19. The Balaban J connectivity index is 2.52. The molecule has 0 unspecified atom stereocenters. The number of nitrogens with zero attached hydrogens (tertiary/aromatic N) is 3. The van der Waals surface area contributed by atoms with E-state index in [9.17, 15) is 4.79 Å². The summed E-state index contributed by atoms with van der Waals surface area (Å²) in [7, 11) is 0. The summed E-state index contributed by atoms with van der Waals surface area (Å²) in [6.07, 6.45) is 0.782. The van der Waals surface area contributed by atoms with Crippen molar-refractivity contribution in [3.63, 3.8) is 0 Å². The molecule has 0 aliphatic carbocycles. The van der Waals surface area contributed by atoms with Crippen molar-refractivity contribution in [2.45, 2.75) is 19.8 Å². The molecule has 0 N–H and O–H groups in total. The highest BCUT2D eigenvalue weighted by molar-refractivity contribution is 6.30. The number of rotatable bonds is 3. The molecular formula is C12H12ClN3O. The van der Waals surface area contributed by atoms with E-state index in [-0.39, 0.29) is 5.92 Å². The summed E-state index contributed by atoms with van der Waals surface area (Å²) in [6.45, 7) is 3.95. The van der Waals surface area contributed by atoms with Crippen LogP contribution in [-0.2, 0) is 0 Å². The fraction of sp³-hybridized carbons (Fsp3) is 0.250. The lowest BCUT2D eigenvalue weighted by atomic mass is 10.1. The fourth-order valence-corrected chi connectivity index (χ4v) is 1.72. The molecule has 0 amide bonds. The van der Waals surface area contributed by atoms with Crippen LogP contribution < -0.4 is 0 Å². The van der Waals surface area contributed by atoms with Gasteiger partial charge in [-0.15, -0.1) is 5.10 Å². The summed E-state index contributed by atoms with van der Waals surface area (Å²) < 4.78 is 1.53. The van der Waals surface area contributed by atoms with Gasteiger partial charge in [0.25, 0.3) is 0 Å². The first kappa shape index (κ1) is 11.8. The summed E-state index contributed by atoms with van der Waals surface area (Å²) in [4.78, 5) is 11.1. The topological polar surface area (TPSA) is 47.8 Å². The molecule has 0 bridgehead atoms. The van der Waals surface area contributed by atoms with Gasteiger partial charge in [0.15, 0.2) is 6.29 Å². The van der Waals surface area contributed by atoms with Gasteiger partial charge in [-0.2, -0.15) is 0 Å². The number of aldehydes is 1. The maximum atomic E-state index is 11.1. The third-order valence-corrected chi connectivity index (χ3v) is 2.71. The lowest BCUT2D eigenvalue weighted by molar-refractivity contribution is 0.111. The normalized spacial score (nSPS) is 10.8. The van der Waals surface area contributed by atoms with Gasteiger partial charge in [0, 0.05) is 5.02 Å². The summed E-state index contributed by atoms with van der Waals surface area (Å²) in [5, 5.41) is 8.68. The largest absolute Gasteiger partial charge is 0.296 e. The zero-order chi connectivity index (χ0) is 12.4. The molecule has 0 aliphatic heterocycles. The van der Waals surface area contributed by atoms with Crippen molar-refractivity contribution in [3.05, 3.63) is 40.7 Å². The molecule has 2 aromatic rings. The number of benzene rings is 1. The number of hydrogen-bond acceptors (Lipinski definition) is 3. The minimum absolute atomic E-state index is 0.163. The van der Waals surface area contributed by atoms with Crippen molar-refractivity contribution in [1.82, 2.24) is 15.0 Å². The molecule has 17 heavy (non-hydrogen) atoms. The van der Waals surface area contributed by atoms with Crippen molar-refractivity contribution in [2.24, 2.45) is 0 Å². The Morgan fingerprint density at radius 1 is 1.29 bits per heavy atom. The van der Waals surface area contributed by atoms with E-state index in [0.717, 1.165) is 12.0 Å². The molecule has 4 nitrogen and oxygen atoms in total. The third-order valence-electron chi connectivity index (χ3n) is 2.46. The van der Waals surface area contributed by atoms with Crippen LogP contribution >= 0.6 is 11.6 Å². The second-order valence-corrected chi connectivity index (χ2v) is 4.46.